The number of rotatable bonds is 8. The van der Waals surface area contributed by atoms with Crippen LogP contribution in [-0.2, 0) is 79.6 Å². The fourth-order valence-corrected chi connectivity index (χ4v) is 11.0. The van der Waals surface area contributed by atoms with Crippen molar-refractivity contribution in [2.75, 3.05) is 61.1 Å². The lowest BCUT2D eigenvalue weighted by atomic mass is 9.94. The van der Waals surface area contributed by atoms with Gasteiger partial charge in [0.25, 0.3) is 11.8 Å². The molecule has 23 nitrogen and oxygen atoms in total. The molecule has 6 heterocycles. The predicted octanol–water partition coefficient (Wildman–Crippen LogP) is 7.30. The van der Waals surface area contributed by atoms with E-state index in [-0.39, 0.29) is 45.7 Å². The van der Waals surface area contributed by atoms with Crippen LogP contribution in [-0.4, -0.2) is 123 Å². The first-order chi connectivity index (χ1) is 38.0. The van der Waals surface area contributed by atoms with E-state index in [9.17, 15) is 38.4 Å². The highest BCUT2D eigenvalue weighted by Gasteiger charge is 2.60. The summed E-state index contributed by atoms with van der Waals surface area (Å²) >= 11 is 0. The molecule has 0 bridgehead atoms. The van der Waals surface area contributed by atoms with Crippen molar-refractivity contribution in [2.24, 2.45) is 14.1 Å². The SMILES string of the molecule is C.C.CNC(=O)Nc1ccc2c(c1)CC[C@@]21OC(=O)N(CC(=O)N2CCCc3cc(-c4cnn(C)c4)ccc32)C1=O.CNC(=O)Nc1ccc2c(c1)CC[C@@]21OC(=O)N(CC(=O)O)C1=O.Cn1cc(-c2ccc3c(c2)CCCN3)cn1. The van der Waals surface area contributed by atoms with Gasteiger partial charge < -0.3 is 46.1 Å². The zero-order valence-corrected chi connectivity index (χ0v) is 43.9. The molecule has 2 atom stereocenters. The number of hydrogen-bond donors (Lipinski definition) is 6. The Morgan fingerprint density at radius 1 is 0.617 bits per heavy atom. The van der Waals surface area contributed by atoms with Gasteiger partial charge >= 0.3 is 30.2 Å². The minimum absolute atomic E-state index is 0. The molecule has 2 aliphatic carbocycles. The molecular formula is C58H66N12O11. The van der Waals surface area contributed by atoms with Crippen molar-refractivity contribution in [3.63, 3.8) is 0 Å². The number of imide groups is 2. The van der Waals surface area contributed by atoms with Crippen LogP contribution in [0, 0.1) is 0 Å². The summed E-state index contributed by atoms with van der Waals surface area (Å²) in [6.45, 7) is 0.476. The number of ether oxygens (including phenoxy) is 2. The van der Waals surface area contributed by atoms with Crippen LogP contribution in [0.4, 0.5) is 41.9 Å². The van der Waals surface area contributed by atoms with Gasteiger partial charge in [0.05, 0.1) is 12.4 Å². The molecule has 0 unspecified atom stereocenters. The highest BCUT2D eigenvalue weighted by atomic mass is 16.6. The first kappa shape index (κ1) is 57.6. The Bertz CT molecular complexity index is 3480. The van der Waals surface area contributed by atoms with Crippen LogP contribution in [0.2, 0.25) is 0 Å². The third kappa shape index (κ3) is 11.2. The van der Waals surface area contributed by atoms with Crippen LogP contribution in [0.5, 0.6) is 0 Å². The summed E-state index contributed by atoms with van der Waals surface area (Å²) in [6, 6.07) is 21.9. The Morgan fingerprint density at radius 2 is 1.12 bits per heavy atom. The fourth-order valence-electron chi connectivity index (χ4n) is 11.0. The van der Waals surface area contributed by atoms with E-state index in [1.54, 1.807) is 52.2 Å². The van der Waals surface area contributed by atoms with Gasteiger partial charge in [-0.2, -0.15) is 10.2 Å². The second kappa shape index (κ2) is 23.4. The lowest BCUT2D eigenvalue weighted by molar-refractivity contribution is -0.144. The Morgan fingerprint density at radius 3 is 1.63 bits per heavy atom. The molecule has 0 saturated carbocycles. The van der Waals surface area contributed by atoms with Crippen LogP contribution in [0.1, 0.15) is 73.9 Å². The lowest BCUT2D eigenvalue weighted by Gasteiger charge is -2.30. The molecule has 6 N–H and O–H groups in total. The normalized spacial score (nSPS) is 18.7. The smallest absolute Gasteiger partial charge is 0.418 e. The number of amides is 9. The number of hydrogen-bond acceptors (Lipinski definition) is 13. The van der Waals surface area contributed by atoms with Gasteiger partial charge in [-0.1, -0.05) is 39.1 Å². The van der Waals surface area contributed by atoms with Crippen molar-refractivity contribution in [1.29, 1.82) is 0 Å². The Labute approximate surface area is 467 Å². The van der Waals surface area contributed by atoms with Gasteiger partial charge in [0, 0.05) is 112 Å². The Balaban J connectivity index is 0.000000174. The van der Waals surface area contributed by atoms with Crippen molar-refractivity contribution >= 4 is 70.7 Å². The van der Waals surface area contributed by atoms with Gasteiger partial charge in [-0.15, -0.1) is 0 Å². The molecule has 2 fully saturated rings. The number of aliphatic carboxylic acids is 1. The number of fused-ring (bicyclic) bond motifs is 6. The van der Waals surface area contributed by atoms with Gasteiger partial charge in [-0.25, -0.2) is 29.0 Å². The first-order valence-corrected chi connectivity index (χ1v) is 25.8. The molecule has 2 aromatic heterocycles. The van der Waals surface area contributed by atoms with Crippen LogP contribution in [0.25, 0.3) is 22.3 Å². The molecule has 81 heavy (non-hydrogen) atoms. The summed E-state index contributed by atoms with van der Waals surface area (Å²) in [5.74, 6) is -2.83. The van der Waals surface area contributed by atoms with E-state index in [4.69, 9.17) is 14.6 Å². The minimum atomic E-state index is -1.46. The molecule has 0 radical (unpaired) electrons. The van der Waals surface area contributed by atoms with E-state index < -0.39 is 54.3 Å². The van der Waals surface area contributed by atoms with Gasteiger partial charge in [-0.3, -0.25) is 28.5 Å². The summed E-state index contributed by atoms with van der Waals surface area (Å²) in [6.07, 6.45) is 11.4. The van der Waals surface area contributed by atoms with E-state index in [1.165, 1.54) is 49.3 Å². The van der Waals surface area contributed by atoms with Crippen LogP contribution in [0.3, 0.4) is 0 Å². The van der Waals surface area contributed by atoms with E-state index in [1.807, 2.05) is 43.3 Å². The zero-order chi connectivity index (χ0) is 55.8. The van der Waals surface area contributed by atoms with Crippen molar-refractivity contribution in [3.8, 4) is 22.3 Å². The first-order valence-electron chi connectivity index (χ1n) is 25.8. The molecule has 4 aliphatic heterocycles. The number of urea groups is 2. The van der Waals surface area contributed by atoms with Crippen LogP contribution in [0.15, 0.2) is 97.6 Å². The molecule has 9 amide bonds. The average molecular weight is 1110 g/mol. The molecule has 2 spiro atoms. The number of anilines is 4. The monoisotopic (exact) mass is 1110 g/mol. The third-order valence-electron chi connectivity index (χ3n) is 14.9. The Kier molecular flexibility index (Phi) is 16.7. The second-order valence-corrected chi connectivity index (χ2v) is 19.9. The molecule has 4 aromatic carbocycles. The largest absolute Gasteiger partial charge is 0.480 e. The van der Waals surface area contributed by atoms with Crippen LogP contribution >= 0.6 is 0 Å². The number of benzene rings is 4. The number of carbonyl (C=O) groups is 8. The van der Waals surface area contributed by atoms with E-state index >= 15 is 0 Å². The highest BCUT2D eigenvalue weighted by molar-refractivity contribution is 6.09. The van der Waals surface area contributed by atoms with Crippen molar-refractivity contribution < 1.29 is 52.9 Å². The summed E-state index contributed by atoms with van der Waals surface area (Å²) in [4.78, 5) is 101. The molecule has 424 valence electrons. The standard InChI is InChI=1S/C28H28N6O5.C15H15N3O6.C13H15N3.2CH4/c1-29-26(37)31-21-6-7-22-18(13-21)9-10-28(22)25(36)34(27(38)39-28)16-24(35)33-11-3-4-19-12-17(5-8-23(19)33)20-14-30-32(2)15-20;1-16-13(22)17-9-2-3-10-8(6-9)4-5-15(10)12(21)18(7-11(19)20)14(23)24-15;1-16-9-12(8-15-16)10-4-5-13-11(7-10)3-2-6-14-13;;/h5-8,12-15H,3-4,9-11,16H2,1-2H3,(H2,29,31,37);2-3,6H,4-5,7H2,1H3,(H,19,20)(H2,16,17,22);4-5,7-9,14H,2-3,6H2,1H3;2*1H4/t28-;15-;;;/m11.../s1. The number of carbonyl (C=O) groups excluding carboxylic acids is 7. The molecule has 12 rings (SSSR count). The number of aryl methyl sites for hydroxylation is 6. The maximum Gasteiger partial charge on any atom is 0.418 e. The number of carboxylic acid groups (broad SMARTS) is 1. The summed E-state index contributed by atoms with van der Waals surface area (Å²) in [5.41, 5.74) is 9.90. The molecule has 23 heteroatoms. The molecule has 6 aromatic rings. The minimum Gasteiger partial charge on any atom is -0.480 e. The van der Waals surface area contributed by atoms with E-state index in [0.717, 1.165) is 57.8 Å². The quantitative estimate of drug-likeness (QED) is 0.0873. The number of carboxylic acids is 1. The van der Waals surface area contributed by atoms with Gasteiger partial charge in [0.2, 0.25) is 17.1 Å². The zero-order valence-electron chi connectivity index (χ0n) is 43.9. The van der Waals surface area contributed by atoms with Crippen molar-refractivity contribution in [3.05, 3.63) is 131 Å². The van der Waals surface area contributed by atoms with Gasteiger partial charge in [0.1, 0.15) is 13.1 Å². The summed E-state index contributed by atoms with van der Waals surface area (Å²) in [7, 11) is 6.82. The predicted molar refractivity (Wildman–Crippen MR) is 301 cm³/mol. The average Bonchev–Trinajstić information content (AvgIpc) is 4.52. The molecular weight excluding hydrogens is 1040 g/mol. The molecule has 2 saturated heterocycles. The maximum absolute atomic E-state index is 13.6. The number of nitrogens with zero attached hydrogens (tertiary/aromatic N) is 7. The Hall–Kier alpha value is -9.54. The maximum atomic E-state index is 13.6. The summed E-state index contributed by atoms with van der Waals surface area (Å²) in [5, 5.41) is 31.0. The fraction of sp³-hybridized carbons (Fsp3) is 0.345. The number of nitrogens with one attached hydrogen (secondary N) is 5. The van der Waals surface area contributed by atoms with Gasteiger partial charge in [-0.05, 0) is 120 Å². The van der Waals surface area contributed by atoms with Crippen molar-refractivity contribution in [2.45, 2.75) is 77.4 Å². The third-order valence-corrected chi connectivity index (χ3v) is 14.9. The van der Waals surface area contributed by atoms with Crippen molar-refractivity contribution in [1.82, 2.24) is 40.0 Å². The lowest BCUT2D eigenvalue weighted by Crippen LogP contribution is -2.46. The highest BCUT2D eigenvalue weighted by Crippen LogP contribution is 2.48. The number of aromatic nitrogens is 4. The van der Waals surface area contributed by atoms with Crippen LogP contribution < -0.4 is 31.5 Å². The second-order valence-electron chi connectivity index (χ2n) is 19.9. The summed E-state index contributed by atoms with van der Waals surface area (Å²) < 4.78 is 14.5. The molecule has 6 aliphatic rings. The van der Waals surface area contributed by atoms with Gasteiger partial charge in [0.15, 0.2) is 0 Å². The van der Waals surface area contributed by atoms with E-state index in [2.05, 4.69) is 67.2 Å². The van der Waals surface area contributed by atoms with E-state index in [0.29, 0.717) is 46.8 Å². The topological polar surface area (TPSA) is 281 Å².